The van der Waals surface area contributed by atoms with E-state index in [1.54, 1.807) is 21.9 Å². The minimum Gasteiger partial charge on any atom is -0.487 e. The number of amides is 2. The highest BCUT2D eigenvalue weighted by molar-refractivity contribution is 5.76. The maximum atomic E-state index is 12.3. The van der Waals surface area contributed by atoms with Crippen molar-refractivity contribution in [3.05, 3.63) is 34.4 Å². The van der Waals surface area contributed by atoms with Crippen molar-refractivity contribution in [3.63, 3.8) is 0 Å². The highest BCUT2D eigenvalue weighted by Gasteiger charge is 2.27. The van der Waals surface area contributed by atoms with Crippen molar-refractivity contribution in [3.8, 4) is 5.75 Å². The van der Waals surface area contributed by atoms with Crippen molar-refractivity contribution >= 4 is 17.7 Å². The van der Waals surface area contributed by atoms with Crippen molar-refractivity contribution in [2.75, 3.05) is 32.8 Å². The number of hydrogen-bond donors (Lipinski definition) is 0. The number of hydrogen-bond acceptors (Lipinski definition) is 6. The van der Waals surface area contributed by atoms with Crippen molar-refractivity contribution in [2.45, 2.75) is 39.2 Å². The Morgan fingerprint density at radius 3 is 2.32 bits per heavy atom. The van der Waals surface area contributed by atoms with Crippen LogP contribution in [0, 0.1) is 10.1 Å². The zero-order chi connectivity index (χ0) is 20.7. The second-order valence-corrected chi connectivity index (χ2v) is 7.53. The summed E-state index contributed by atoms with van der Waals surface area (Å²) >= 11 is 0. The van der Waals surface area contributed by atoms with E-state index in [2.05, 4.69) is 0 Å². The number of carbonyl (C=O) groups is 2. The third kappa shape index (κ3) is 6.40. The lowest BCUT2D eigenvalue weighted by Gasteiger charge is -2.35. The third-order valence-electron chi connectivity index (χ3n) is 4.14. The number of nitrogens with zero attached hydrogens (tertiary/aromatic N) is 3. The first kappa shape index (κ1) is 21.5. The molecule has 0 unspecified atom stereocenters. The van der Waals surface area contributed by atoms with Gasteiger partial charge in [0.15, 0.2) is 5.75 Å². The second kappa shape index (κ2) is 9.38. The van der Waals surface area contributed by atoms with E-state index in [1.165, 1.54) is 12.1 Å². The molecule has 0 aromatic heterocycles. The number of ether oxygens (including phenoxy) is 2. The molecule has 1 heterocycles. The summed E-state index contributed by atoms with van der Waals surface area (Å²) in [5.41, 5.74) is -0.634. The first-order valence-electron chi connectivity index (χ1n) is 9.29. The molecule has 0 atom stereocenters. The zero-order valence-electron chi connectivity index (χ0n) is 16.6. The predicted octanol–water partition coefficient (Wildman–Crippen LogP) is 2.83. The standard InChI is InChI=1S/C19H27N3O6/c1-19(2,3)28-18(24)21-12-10-20(11-13-21)17(23)9-6-14-27-16-8-5-4-7-15(16)22(25)26/h4-5,7-8H,6,9-14H2,1-3H3. The fourth-order valence-electron chi connectivity index (χ4n) is 2.76. The Labute approximate surface area is 164 Å². The number of nitro benzene ring substituents is 1. The Hall–Kier alpha value is -2.84. The smallest absolute Gasteiger partial charge is 0.410 e. The van der Waals surface area contributed by atoms with E-state index in [-0.39, 0.29) is 36.5 Å². The van der Waals surface area contributed by atoms with Crippen molar-refractivity contribution in [2.24, 2.45) is 0 Å². The minimum atomic E-state index is -0.544. The number of carbonyl (C=O) groups excluding carboxylic acids is 2. The topological polar surface area (TPSA) is 102 Å². The Balaban J connectivity index is 1.71. The van der Waals surface area contributed by atoms with Gasteiger partial charge >= 0.3 is 11.8 Å². The summed E-state index contributed by atoms with van der Waals surface area (Å²) in [4.78, 5) is 38.1. The Kier molecular flexibility index (Phi) is 7.19. The van der Waals surface area contributed by atoms with Crippen molar-refractivity contribution in [1.29, 1.82) is 0 Å². The maximum Gasteiger partial charge on any atom is 0.410 e. The van der Waals surface area contributed by atoms with E-state index in [0.717, 1.165) is 0 Å². The van der Waals surface area contributed by atoms with Crippen LogP contribution in [0.15, 0.2) is 24.3 Å². The van der Waals surface area contributed by atoms with E-state index in [9.17, 15) is 19.7 Å². The highest BCUT2D eigenvalue weighted by Crippen LogP contribution is 2.25. The van der Waals surface area contributed by atoms with E-state index in [0.29, 0.717) is 32.6 Å². The fourth-order valence-corrected chi connectivity index (χ4v) is 2.76. The number of nitro groups is 1. The molecule has 0 N–H and O–H groups in total. The lowest BCUT2D eigenvalue weighted by atomic mass is 10.2. The zero-order valence-corrected chi connectivity index (χ0v) is 16.6. The third-order valence-corrected chi connectivity index (χ3v) is 4.14. The Morgan fingerprint density at radius 2 is 1.71 bits per heavy atom. The summed E-state index contributed by atoms with van der Waals surface area (Å²) in [7, 11) is 0. The average molecular weight is 393 g/mol. The lowest BCUT2D eigenvalue weighted by molar-refractivity contribution is -0.385. The van der Waals surface area contributed by atoms with E-state index in [1.807, 2.05) is 20.8 Å². The molecule has 9 heteroatoms. The molecule has 1 aromatic rings. The van der Waals surface area contributed by atoms with Crippen LogP contribution in [-0.4, -0.2) is 65.1 Å². The van der Waals surface area contributed by atoms with Gasteiger partial charge in [-0.15, -0.1) is 0 Å². The number of para-hydroxylation sites is 2. The minimum absolute atomic E-state index is 0.0185. The number of piperazine rings is 1. The molecule has 0 bridgehead atoms. The number of benzene rings is 1. The van der Waals surface area contributed by atoms with Gasteiger partial charge in [0.2, 0.25) is 5.91 Å². The van der Waals surface area contributed by atoms with Crippen LogP contribution >= 0.6 is 0 Å². The largest absolute Gasteiger partial charge is 0.487 e. The summed E-state index contributed by atoms with van der Waals surface area (Å²) in [6.07, 6.45) is 0.377. The van der Waals surface area contributed by atoms with Gasteiger partial charge in [0.1, 0.15) is 5.60 Å². The normalized spacial score (nSPS) is 14.5. The van der Waals surface area contributed by atoms with Gasteiger partial charge in [-0.1, -0.05) is 12.1 Å². The first-order chi connectivity index (χ1) is 13.2. The van der Waals surface area contributed by atoms with Gasteiger partial charge in [0, 0.05) is 38.7 Å². The van der Waals surface area contributed by atoms with Crippen LogP contribution < -0.4 is 4.74 Å². The van der Waals surface area contributed by atoms with Crippen LogP contribution in [0.5, 0.6) is 5.75 Å². The SMILES string of the molecule is CC(C)(C)OC(=O)N1CCN(C(=O)CCCOc2ccccc2[N+](=O)[O-])CC1. The maximum absolute atomic E-state index is 12.3. The predicted molar refractivity (Wildman–Crippen MR) is 102 cm³/mol. The molecule has 1 fully saturated rings. The number of rotatable bonds is 6. The molecular formula is C19H27N3O6. The van der Waals surface area contributed by atoms with Gasteiger partial charge < -0.3 is 19.3 Å². The Bertz CT molecular complexity index is 708. The van der Waals surface area contributed by atoms with Gasteiger partial charge in [-0.3, -0.25) is 14.9 Å². The van der Waals surface area contributed by atoms with Crippen molar-refractivity contribution in [1.82, 2.24) is 9.80 Å². The van der Waals surface area contributed by atoms with Gasteiger partial charge in [-0.2, -0.15) is 0 Å². The van der Waals surface area contributed by atoms with Crippen LogP contribution in [0.2, 0.25) is 0 Å². The summed E-state index contributed by atoms with van der Waals surface area (Å²) in [5, 5.41) is 10.9. The molecule has 1 aliphatic rings. The van der Waals surface area contributed by atoms with Crippen LogP contribution in [0.3, 0.4) is 0 Å². The van der Waals surface area contributed by atoms with E-state index < -0.39 is 10.5 Å². The van der Waals surface area contributed by atoms with Gasteiger partial charge in [-0.05, 0) is 33.3 Å². The quantitative estimate of drug-likeness (QED) is 0.418. The summed E-state index contributed by atoms with van der Waals surface area (Å²) < 4.78 is 10.8. The summed E-state index contributed by atoms with van der Waals surface area (Å²) in [6, 6.07) is 6.16. The fraction of sp³-hybridized carbons (Fsp3) is 0.579. The van der Waals surface area contributed by atoms with Gasteiger partial charge in [0.05, 0.1) is 11.5 Å². The second-order valence-electron chi connectivity index (χ2n) is 7.53. The molecule has 0 saturated carbocycles. The molecule has 0 spiro atoms. The molecule has 0 radical (unpaired) electrons. The van der Waals surface area contributed by atoms with Gasteiger partial charge in [0.25, 0.3) is 0 Å². The van der Waals surface area contributed by atoms with E-state index in [4.69, 9.17) is 9.47 Å². The van der Waals surface area contributed by atoms with Gasteiger partial charge in [-0.25, -0.2) is 4.79 Å². The Morgan fingerprint density at radius 1 is 1.11 bits per heavy atom. The molecule has 2 rings (SSSR count). The molecule has 1 aliphatic heterocycles. The lowest BCUT2D eigenvalue weighted by Crippen LogP contribution is -2.51. The summed E-state index contributed by atoms with van der Waals surface area (Å²) in [5.74, 6) is 0.181. The molecule has 1 aromatic carbocycles. The van der Waals surface area contributed by atoms with Crippen LogP contribution in [-0.2, 0) is 9.53 Å². The molecule has 154 valence electrons. The molecule has 0 aliphatic carbocycles. The summed E-state index contributed by atoms with van der Waals surface area (Å²) in [6.45, 7) is 7.46. The molecular weight excluding hydrogens is 366 g/mol. The molecule has 28 heavy (non-hydrogen) atoms. The van der Waals surface area contributed by atoms with Crippen LogP contribution in [0.4, 0.5) is 10.5 Å². The van der Waals surface area contributed by atoms with E-state index >= 15 is 0 Å². The monoisotopic (exact) mass is 393 g/mol. The average Bonchev–Trinajstić information content (AvgIpc) is 2.64. The van der Waals surface area contributed by atoms with Crippen LogP contribution in [0.1, 0.15) is 33.6 Å². The first-order valence-corrected chi connectivity index (χ1v) is 9.29. The van der Waals surface area contributed by atoms with Crippen LogP contribution in [0.25, 0.3) is 0 Å². The molecule has 1 saturated heterocycles. The molecule has 2 amide bonds. The highest BCUT2D eigenvalue weighted by atomic mass is 16.6. The molecule has 9 nitrogen and oxygen atoms in total. The van der Waals surface area contributed by atoms with Crippen molar-refractivity contribution < 1.29 is 24.0 Å².